The highest BCUT2D eigenvalue weighted by Gasteiger charge is 2.30. The van der Waals surface area contributed by atoms with Crippen molar-refractivity contribution in [1.82, 2.24) is 19.9 Å². The second-order valence-corrected chi connectivity index (χ2v) is 10.2. The van der Waals surface area contributed by atoms with Gasteiger partial charge in [0.2, 0.25) is 0 Å². The summed E-state index contributed by atoms with van der Waals surface area (Å²) >= 11 is 0. The zero-order chi connectivity index (χ0) is 24.8. The summed E-state index contributed by atoms with van der Waals surface area (Å²) in [7, 11) is 0. The molecule has 6 nitrogen and oxygen atoms in total. The minimum atomic E-state index is -0.108. The number of benzene rings is 3. The maximum absolute atomic E-state index is 12.9. The Bertz CT molecular complexity index is 1650. The van der Waals surface area contributed by atoms with Gasteiger partial charge in [0.05, 0.1) is 30.3 Å². The van der Waals surface area contributed by atoms with Crippen LogP contribution >= 0.6 is 0 Å². The summed E-state index contributed by atoms with van der Waals surface area (Å²) in [6.07, 6.45) is 5.76. The molecule has 3 aromatic carbocycles. The number of likely N-dealkylation sites (tertiary alicyclic amines) is 1. The molecule has 2 aromatic heterocycles. The van der Waals surface area contributed by atoms with E-state index in [-0.39, 0.29) is 5.56 Å². The quantitative estimate of drug-likeness (QED) is 0.368. The van der Waals surface area contributed by atoms with Gasteiger partial charge in [-0.2, -0.15) is 0 Å². The standard InChI is InChI=1S/C31H28N4O2/c36-31-27(24-6-8-29-30(17-24)33-12-11-32-29)16-25-15-23(5-7-28(25)34-31)21-3-1-20(2-4-21)22-9-13-35(14-10-22)26-18-37-19-26/h1-8,11-12,15-17,22,26H,9-10,13-14,18-19H2,(H,34,36). The Morgan fingerprint density at radius 2 is 1.51 bits per heavy atom. The lowest BCUT2D eigenvalue weighted by Crippen LogP contribution is -2.51. The van der Waals surface area contributed by atoms with Crippen LogP contribution in [0.15, 0.2) is 83.9 Å². The van der Waals surface area contributed by atoms with E-state index in [1.54, 1.807) is 12.4 Å². The molecule has 0 atom stereocenters. The number of hydrogen-bond acceptors (Lipinski definition) is 5. The lowest BCUT2D eigenvalue weighted by Gasteiger charge is -2.41. The number of H-pyrrole nitrogens is 1. The fourth-order valence-electron chi connectivity index (χ4n) is 5.71. The summed E-state index contributed by atoms with van der Waals surface area (Å²) in [6, 6.07) is 23.7. The molecule has 2 saturated heterocycles. The molecule has 2 aliphatic rings. The van der Waals surface area contributed by atoms with Crippen LogP contribution in [0, 0.1) is 0 Å². The summed E-state index contributed by atoms with van der Waals surface area (Å²) in [5.41, 5.74) is 7.53. The van der Waals surface area contributed by atoms with Gasteiger partial charge < -0.3 is 9.72 Å². The number of nitrogens with zero attached hydrogens (tertiary/aromatic N) is 3. The third kappa shape index (κ3) is 4.22. The number of aromatic nitrogens is 3. The molecule has 0 amide bonds. The normalized spacial score (nSPS) is 17.3. The molecule has 0 bridgehead atoms. The van der Waals surface area contributed by atoms with Gasteiger partial charge in [0, 0.05) is 23.5 Å². The van der Waals surface area contributed by atoms with Crippen LogP contribution < -0.4 is 5.56 Å². The summed E-state index contributed by atoms with van der Waals surface area (Å²) in [5, 5.41) is 1.00. The smallest absolute Gasteiger partial charge is 0.256 e. The van der Waals surface area contributed by atoms with E-state index in [4.69, 9.17) is 4.74 Å². The summed E-state index contributed by atoms with van der Waals surface area (Å²) in [4.78, 5) is 27.3. The van der Waals surface area contributed by atoms with Crippen LogP contribution in [-0.4, -0.2) is 52.2 Å². The van der Waals surface area contributed by atoms with Crippen molar-refractivity contribution >= 4 is 21.9 Å². The molecule has 0 spiro atoms. The molecule has 0 unspecified atom stereocenters. The highest BCUT2D eigenvalue weighted by atomic mass is 16.5. The Morgan fingerprint density at radius 1 is 0.784 bits per heavy atom. The molecule has 4 heterocycles. The molecule has 2 fully saturated rings. The van der Waals surface area contributed by atoms with E-state index >= 15 is 0 Å². The molecule has 0 saturated carbocycles. The first-order valence-corrected chi connectivity index (χ1v) is 13.0. The van der Waals surface area contributed by atoms with Gasteiger partial charge >= 0.3 is 0 Å². The van der Waals surface area contributed by atoms with Crippen molar-refractivity contribution in [3.8, 4) is 22.3 Å². The van der Waals surface area contributed by atoms with Crippen molar-refractivity contribution in [2.75, 3.05) is 26.3 Å². The van der Waals surface area contributed by atoms with Gasteiger partial charge in [0.25, 0.3) is 5.56 Å². The topological polar surface area (TPSA) is 71.1 Å². The Morgan fingerprint density at radius 3 is 2.27 bits per heavy atom. The predicted octanol–water partition coefficient (Wildman–Crippen LogP) is 5.38. The lowest BCUT2D eigenvalue weighted by molar-refractivity contribution is -0.0712. The van der Waals surface area contributed by atoms with Crippen LogP contribution in [0.25, 0.3) is 44.2 Å². The molecular formula is C31H28N4O2. The molecule has 2 aliphatic heterocycles. The van der Waals surface area contributed by atoms with Crippen molar-refractivity contribution in [2.24, 2.45) is 0 Å². The molecule has 37 heavy (non-hydrogen) atoms. The van der Waals surface area contributed by atoms with E-state index in [9.17, 15) is 4.79 Å². The van der Waals surface area contributed by atoms with Crippen molar-refractivity contribution in [1.29, 1.82) is 0 Å². The molecule has 7 rings (SSSR count). The van der Waals surface area contributed by atoms with Gasteiger partial charge in [0.1, 0.15) is 0 Å². The Balaban J connectivity index is 1.15. The molecule has 0 radical (unpaired) electrons. The highest BCUT2D eigenvalue weighted by molar-refractivity contribution is 5.89. The number of nitrogens with one attached hydrogen (secondary N) is 1. The van der Waals surface area contributed by atoms with E-state index in [2.05, 4.69) is 56.3 Å². The number of piperidine rings is 1. The number of ether oxygens (including phenoxy) is 1. The third-order valence-corrected chi connectivity index (χ3v) is 8.01. The van der Waals surface area contributed by atoms with Gasteiger partial charge in [0.15, 0.2) is 0 Å². The number of rotatable bonds is 4. The predicted molar refractivity (Wildman–Crippen MR) is 147 cm³/mol. The van der Waals surface area contributed by atoms with Crippen molar-refractivity contribution in [3.63, 3.8) is 0 Å². The first-order valence-electron chi connectivity index (χ1n) is 13.0. The molecule has 5 aromatic rings. The first-order chi connectivity index (χ1) is 18.2. The van der Waals surface area contributed by atoms with Crippen molar-refractivity contribution in [3.05, 3.63) is 95.0 Å². The van der Waals surface area contributed by atoms with Gasteiger partial charge in [-0.1, -0.05) is 36.4 Å². The van der Waals surface area contributed by atoms with Crippen LogP contribution in [-0.2, 0) is 4.74 Å². The summed E-state index contributed by atoms with van der Waals surface area (Å²) < 4.78 is 5.37. The number of fused-ring (bicyclic) bond motifs is 2. The zero-order valence-electron chi connectivity index (χ0n) is 20.6. The Hall–Kier alpha value is -3.87. The SMILES string of the molecule is O=c1[nH]c2ccc(-c3ccc(C4CCN(C5COC5)CC4)cc3)cc2cc1-c1ccc2nccnc2c1. The van der Waals surface area contributed by atoms with Crippen molar-refractivity contribution < 1.29 is 4.74 Å². The third-order valence-electron chi connectivity index (χ3n) is 8.01. The van der Waals surface area contributed by atoms with Crippen LogP contribution in [0.4, 0.5) is 0 Å². The Kier molecular flexibility index (Phi) is 5.56. The average Bonchev–Trinajstić information content (AvgIpc) is 2.92. The van der Waals surface area contributed by atoms with Crippen molar-refractivity contribution in [2.45, 2.75) is 24.8 Å². The van der Waals surface area contributed by atoms with E-state index in [0.717, 1.165) is 59.4 Å². The van der Waals surface area contributed by atoms with Crippen LogP contribution in [0.1, 0.15) is 24.3 Å². The van der Waals surface area contributed by atoms with Crippen LogP contribution in [0.2, 0.25) is 0 Å². The number of aromatic amines is 1. The average molecular weight is 489 g/mol. The van der Waals surface area contributed by atoms with Crippen LogP contribution in [0.3, 0.4) is 0 Å². The largest absolute Gasteiger partial charge is 0.378 e. The molecule has 0 aliphatic carbocycles. The first kappa shape index (κ1) is 22.3. The second-order valence-electron chi connectivity index (χ2n) is 10.2. The second kappa shape index (κ2) is 9.21. The summed E-state index contributed by atoms with van der Waals surface area (Å²) in [6.45, 7) is 4.12. The van der Waals surface area contributed by atoms with Gasteiger partial charge in [-0.3, -0.25) is 19.7 Å². The maximum atomic E-state index is 12.9. The minimum absolute atomic E-state index is 0.108. The van der Waals surface area contributed by atoms with E-state index in [1.807, 2.05) is 30.3 Å². The minimum Gasteiger partial charge on any atom is -0.378 e. The Labute approximate surface area is 215 Å². The van der Waals surface area contributed by atoms with Gasteiger partial charge in [-0.05, 0) is 89.8 Å². The van der Waals surface area contributed by atoms with E-state index in [0.29, 0.717) is 17.5 Å². The lowest BCUT2D eigenvalue weighted by atomic mass is 9.88. The van der Waals surface area contributed by atoms with Gasteiger partial charge in [-0.15, -0.1) is 0 Å². The fourth-order valence-corrected chi connectivity index (χ4v) is 5.71. The summed E-state index contributed by atoms with van der Waals surface area (Å²) in [5.74, 6) is 0.627. The van der Waals surface area contributed by atoms with Gasteiger partial charge in [-0.25, -0.2) is 0 Å². The fraction of sp³-hybridized carbons (Fsp3) is 0.258. The zero-order valence-corrected chi connectivity index (χ0v) is 20.6. The van der Waals surface area contributed by atoms with E-state index < -0.39 is 0 Å². The molecule has 184 valence electrons. The molecular weight excluding hydrogens is 460 g/mol. The monoisotopic (exact) mass is 488 g/mol. The number of hydrogen-bond donors (Lipinski definition) is 1. The van der Waals surface area contributed by atoms with Crippen LogP contribution in [0.5, 0.6) is 0 Å². The maximum Gasteiger partial charge on any atom is 0.256 e. The molecule has 1 N–H and O–H groups in total. The number of pyridine rings is 1. The van der Waals surface area contributed by atoms with E-state index in [1.165, 1.54) is 24.0 Å². The molecule has 6 heteroatoms. The highest BCUT2D eigenvalue weighted by Crippen LogP contribution is 2.32.